The van der Waals surface area contributed by atoms with Crippen molar-refractivity contribution >= 4 is 17.2 Å². The van der Waals surface area contributed by atoms with Crippen molar-refractivity contribution in [2.75, 3.05) is 13.1 Å². The number of nitrogens with zero attached hydrogens (tertiary/aromatic N) is 4. The maximum Gasteiger partial charge on any atom is 0.272 e. The van der Waals surface area contributed by atoms with E-state index < -0.39 is 0 Å². The van der Waals surface area contributed by atoms with E-state index in [1.54, 1.807) is 22.2 Å². The van der Waals surface area contributed by atoms with Gasteiger partial charge < -0.3 is 4.90 Å². The molecule has 1 amide bonds. The van der Waals surface area contributed by atoms with Crippen LogP contribution in [-0.2, 0) is 0 Å². The lowest BCUT2D eigenvalue weighted by atomic mass is 9.98. The van der Waals surface area contributed by atoms with E-state index in [4.69, 9.17) is 0 Å². The second-order valence-electron chi connectivity index (χ2n) is 5.72. The van der Waals surface area contributed by atoms with Gasteiger partial charge >= 0.3 is 0 Å². The number of piperidine rings is 1. The van der Waals surface area contributed by atoms with Gasteiger partial charge in [0, 0.05) is 42.8 Å². The summed E-state index contributed by atoms with van der Waals surface area (Å²) < 4.78 is 1.80. The topological polar surface area (TPSA) is 51.0 Å². The Hall–Kier alpha value is -1.69. The normalized spacial score (nSPS) is 19.2. The minimum absolute atomic E-state index is 0.0856. The predicted octanol–water partition coefficient (Wildman–Crippen LogP) is 2.94. The third-order valence-corrected chi connectivity index (χ3v) is 4.83. The Morgan fingerprint density at radius 2 is 2.29 bits per heavy atom. The zero-order valence-electron chi connectivity index (χ0n) is 12.4. The van der Waals surface area contributed by atoms with Crippen molar-refractivity contribution in [3.8, 4) is 0 Å². The molecule has 0 spiro atoms. The molecule has 2 aromatic rings. The molecule has 0 aliphatic carbocycles. The van der Waals surface area contributed by atoms with E-state index in [0.29, 0.717) is 11.6 Å². The van der Waals surface area contributed by atoms with Gasteiger partial charge in [-0.05, 0) is 32.8 Å². The third-order valence-electron chi connectivity index (χ3n) is 3.89. The van der Waals surface area contributed by atoms with Crippen LogP contribution in [0.2, 0.25) is 0 Å². The summed E-state index contributed by atoms with van der Waals surface area (Å²) in [6, 6.07) is 2.01. The summed E-state index contributed by atoms with van der Waals surface area (Å²) in [6.45, 7) is 5.66. The first-order chi connectivity index (χ1) is 10.2. The fourth-order valence-corrected chi connectivity index (χ4v) is 3.62. The lowest BCUT2D eigenvalue weighted by molar-refractivity contribution is 0.0692. The van der Waals surface area contributed by atoms with E-state index in [9.17, 15) is 4.79 Å². The summed E-state index contributed by atoms with van der Waals surface area (Å²) >= 11 is 1.68. The van der Waals surface area contributed by atoms with Crippen LogP contribution in [0.4, 0.5) is 0 Å². The Bertz CT molecular complexity index is 605. The van der Waals surface area contributed by atoms with Gasteiger partial charge in [-0.15, -0.1) is 11.3 Å². The Morgan fingerprint density at radius 1 is 1.43 bits per heavy atom. The van der Waals surface area contributed by atoms with Crippen LogP contribution >= 0.6 is 11.3 Å². The lowest BCUT2D eigenvalue weighted by Gasteiger charge is -2.32. The number of thiazole rings is 1. The van der Waals surface area contributed by atoms with Crippen molar-refractivity contribution in [3.63, 3.8) is 0 Å². The van der Waals surface area contributed by atoms with Gasteiger partial charge in [0.15, 0.2) is 0 Å². The van der Waals surface area contributed by atoms with Gasteiger partial charge in [-0.1, -0.05) is 0 Å². The zero-order valence-corrected chi connectivity index (χ0v) is 13.2. The second kappa shape index (κ2) is 5.97. The number of likely N-dealkylation sites (tertiary alicyclic amines) is 1. The average Bonchev–Trinajstić information content (AvgIpc) is 3.17. The minimum atomic E-state index is 0.0856. The van der Waals surface area contributed by atoms with Crippen LogP contribution in [0.3, 0.4) is 0 Å². The maximum absolute atomic E-state index is 12.7. The maximum atomic E-state index is 12.7. The van der Waals surface area contributed by atoms with E-state index in [0.717, 1.165) is 30.9 Å². The molecule has 0 saturated carbocycles. The van der Waals surface area contributed by atoms with Crippen molar-refractivity contribution in [1.82, 2.24) is 19.7 Å². The summed E-state index contributed by atoms with van der Waals surface area (Å²) in [5, 5.41) is 7.41. The molecule has 1 fully saturated rings. The molecule has 1 atom stereocenters. The molecule has 3 rings (SSSR count). The van der Waals surface area contributed by atoms with E-state index in [1.807, 2.05) is 36.4 Å². The molecule has 6 heteroatoms. The molecule has 1 saturated heterocycles. The smallest absolute Gasteiger partial charge is 0.272 e. The van der Waals surface area contributed by atoms with Gasteiger partial charge in [0.25, 0.3) is 5.91 Å². The standard InChI is InChI=1S/C15H20N4OS/c1-11(2)19-13(5-6-17-19)15(20)18-8-3-4-12(10-18)14-16-7-9-21-14/h5-7,9,11-12H,3-4,8,10H2,1-2H3. The van der Waals surface area contributed by atoms with Gasteiger partial charge in [-0.2, -0.15) is 5.10 Å². The van der Waals surface area contributed by atoms with Crippen LogP contribution in [-0.4, -0.2) is 38.7 Å². The SMILES string of the molecule is CC(C)n1nccc1C(=O)N1CCCC(c2nccs2)C1. The molecule has 0 N–H and O–H groups in total. The summed E-state index contributed by atoms with van der Waals surface area (Å²) in [5.74, 6) is 0.459. The third kappa shape index (κ3) is 2.85. The molecule has 5 nitrogen and oxygen atoms in total. The number of amides is 1. The highest BCUT2D eigenvalue weighted by Gasteiger charge is 2.28. The first-order valence-electron chi connectivity index (χ1n) is 7.39. The Morgan fingerprint density at radius 3 is 3.00 bits per heavy atom. The highest BCUT2D eigenvalue weighted by molar-refractivity contribution is 7.09. The number of rotatable bonds is 3. The fraction of sp³-hybridized carbons (Fsp3) is 0.533. The quantitative estimate of drug-likeness (QED) is 0.876. The number of hydrogen-bond acceptors (Lipinski definition) is 4. The minimum Gasteiger partial charge on any atom is -0.337 e. The zero-order chi connectivity index (χ0) is 14.8. The van der Waals surface area contributed by atoms with Gasteiger partial charge in [0.2, 0.25) is 0 Å². The molecule has 1 aliphatic rings. The Labute approximate surface area is 128 Å². The van der Waals surface area contributed by atoms with Crippen LogP contribution in [0, 0.1) is 0 Å². The molecule has 3 heterocycles. The van der Waals surface area contributed by atoms with E-state index in [2.05, 4.69) is 10.1 Å². The van der Waals surface area contributed by atoms with E-state index in [-0.39, 0.29) is 11.9 Å². The average molecular weight is 304 g/mol. The van der Waals surface area contributed by atoms with Gasteiger partial charge in [0.05, 0.1) is 5.01 Å². The van der Waals surface area contributed by atoms with Crippen molar-refractivity contribution in [1.29, 1.82) is 0 Å². The summed E-state index contributed by atoms with van der Waals surface area (Å²) in [6.07, 6.45) is 5.69. The molecule has 0 radical (unpaired) electrons. The molecular weight excluding hydrogens is 284 g/mol. The fourth-order valence-electron chi connectivity index (χ4n) is 2.86. The molecule has 112 valence electrons. The van der Waals surface area contributed by atoms with Gasteiger partial charge in [-0.25, -0.2) is 4.98 Å². The molecule has 2 aromatic heterocycles. The predicted molar refractivity (Wildman–Crippen MR) is 82.6 cm³/mol. The van der Waals surface area contributed by atoms with Crippen LogP contribution in [0.25, 0.3) is 0 Å². The van der Waals surface area contributed by atoms with E-state index in [1.165, 1.54) is 0 Å². The second-order valence-corrected chi connectivity index (χ2v) is 6.64. The molecule has 21 heavy (non-hydrogen) atoms. The van der Waals surface area contributed by atoms with E-state index >= 15 is 0 Å². The van der Waals surface area contributed by atoms with Gasteiger partial charge in [0.1, 0.15) is 5.69 Å². The van der Waals surface area contributed by atoms with Crippen molar-refractivity contribution in [3.05, 3.63) is 34.5 Å². The van der Waals surface area contributed by atoms with Crippen molar-refractivity contribution < 1.29 is 4.79 Å². The summed E-state index contributed by atoms with van der Waals surface area (Å²) in [7, 11) is 0. The number of carbonyl (C=O) groups is 1. The molecule has 0 aromatic carbocycles. The first-order valence-corrected chi connectivity index (χ1v) is 8.27. The molecular formula is C15H20N4OS. The summed E-state index contributed by atoms with van der Waals surface area (Å²) in [4.78, 5) is 19.1. The number of hydrogen-bond donors (Lipinski definition) is 0. The van der Waals surface area contributed by atoms with Crippen molar-refractivity contribution in [2.45, 2.75) is 38.6 Å². The largest absolute Gasteiger partial charge is 0.337 e. The molecule has 0 bridgehead atoms. The van der Waals surface area contributed by atoms with Crippen molar-refractivity contribution in [2.24, 2.45) is 0 Å². The number of aromatic nitrogens is 3. The summed E-state index contributed by atoms with van der Waals surface area (Å²) in [5.41, 5.74) is 0.685. The monoisotopic (exact) mass is 304 g/mol. The van der Waals surface area contributed by atoms with Crippen LogP contribution in [0.5, 0.6) is 0 Å². The molecule has 1 aliphatic heterocycles. The lowest BCUT2D eigenvalue weighted by Crippen LogP contribution is -2.40. The highest BCUT2D eigenvalue weighted by Crippen LogP contribution is 2.29. The van der Waals surface area contributed by atoms with Crippen LogP contribution in [0.1, 0.15) is 54.1 Å². The number of carbonyl (C=O) groups excluding carboxylic acids is 1. The van der Waals surface area contributed by atoms with Crippen LogP contribution in [0.15, 0.2) is 23.8 Å². The van der Waals surface area contributed by atoms with Crippen LogP contribution < -0.4 is 0 Å². The van der Waals surface area contributed by atoms with Gasteiger partial charge in [-0.3, -0.25) is 9.48 Å². The Kier molecular flexibility index (Phi) is 4.05. The first kappa shape index (κ1) is 14.3. The highest BCUT2D eigenvalue weighted by atomic mass is 32.1. The molecule has 1 unspecified atom stereocenters. The Balaban J connectivity index is 1.77.